The Bertz CT molecular complexity index is 471. The normalized spacial score (nSPS) is 10.5. The van der Waals surface area contributed by atoms with Gasteiger partial charge in [0.05, 0.1) is 5.69 Å². The number of aryl methyl sites for hydroxylation is 2. The Hall–Kier alpha value is -1.77. The fourth-order valence-corrected chi connectivity index (χ4v) is 1.75. The highest BCUT2D eigenvalue weighted by Gasteiger charge is 2.08. The van der Waals surface area contributed by atoms with Crippen LogP contribution >= 0.6 is 0 Å². The van der Waals surface area contributed by atoms with Crippen molar-refractivity contribution in [3.05, 3.63) is 35.9 Å². The summed E-state index contributed by atoms with van der Waals surface area (Å²) in [5.41, 5.74) is 9.24. The molecule has 0 aliphatic heterocycles. The van der Waals surface area contributed by atoms with E-state index in [0.29, 0.717) is 5.82 Å². The van der Waals surface area contributed by atoms with E-state index in [1.54, 1.807) is 0 Å². The molecule has 78 valence electrons. The highest BCUT2D eigenvalue weighted by atomic mass is 15.3. The van der Waals surface area contributed by atoms with Gasteiger partial charge in [-0.25, -0.2) is 0 Å². The molecule has 1 aromatic carbocycles. The first-order valence-corrected chi connectivity index (χ1v) is 5.11. The number of nitrogens with zero attached hydrogens (tertiary/aromatic N) is 2. The highest BCUT2D eigenvalue weighted by Crippen LogP contribution is 2.24. The third-order valence-electron chi connectivity index (χ3n) is 2.52. The number of anilines is 1. The predicted molar refractivity (Wildman–Crippen MR) is 62.5 cm³/mol. The fourth-order valence-electron chi connectivity index (χ4n) is 1.75. The molecule has 0 atom stereocenters. The fraction of sp³-hybridized carbons (Fsp3) is 0.250. The van der Waals surface area contributed by atoms with E-state index >= 15 is 0 Å². The Morgan fingerprint density at radius 1 is 1.33 bits per heavy atom. The first-order chi connectivity index (χ1) is 7.22. The number of hydrogen-bond donors (Lipinski definition) is 1. The Balaban J connectivity index is 2.58. The summed E-state index contributed by atoms with van der Waals surface area (Å²) < 4.78 is 1.93. The molecule has 0 saturated carbocycles. The van der Waals surface area contributed by atoms with Crippen molar-refractivity contribution in [3.8, 4) is 11.3 Å². The lowest BCUT2D eigenvalue weighted by atomic mass is 10.1. The topological polar surface area (TPSA) is 43.8 Å². The maximum absolute atomic E-state index is 5.71. The molecule has 0 aliphatic rings. The van der Waals surface area contributed by atoms with Gasteiger partial charge in [0.25, 0.3) is 0 Å². The predicted octanol–water partition coefficient (Wildman–Crippen LogP) is 2.46. The summed E-state index contributed by atoms with van der Waals surface area (Å²) in [6, 6.07) is 10.2. The maximum atomic E-state index is 5.71. The maximum Gasteiger partial charge on any atom is 0.146 e. The van der Waals surface area contributed by atoms with Gasteiger partial charge in [0, 0.05) is 18.2 Å². The van der Waals surface area contributed by atoms with E-state index < -0.39 is 0 Å². The zero-order chi connectivity index (χ0) is 10.8. The smallest absolute Gasteiger partial charge is 0.146 e. The van der Waals surface area contributed by atoms with Crippen LogP contribution in [0.5, 0.6) is 0 Å². The number of nitrogens with two attached hydrogens (primary N) is 1. The van der Waals surface area contributed by atoms with Crippen molar-refractivity contribution in [3.63, 3.8) is 0 Å². The molecule has 0 amide bonds. The minimum atomic E-state index is 0.579. The summed E-state index contributed by atoms with van der Waals surface area (Å²) >= 11 is 0. The summed E-state index contributed by atoms with van der Waals surface area (Å²) in [6.45, 7) is 4.99. The van der Waals surface area contributed by atoms with Gasteiger partial charge in [0.2, 0.25) is 0 Å². The lowest BCUT2D eigenvalue weighted by molar-refractivity contribution is 0.670. The second kappa shape index (κ2) is 3.77. The van der Waals surface area contributed by atoms with Gasteiger partial charge >= 0.3 is 0 Å². The quantitative estimate of drug-likeness (QED) is 0.811. The molecule has 1 aromatic heterocycles. The van der Waals surface area contributed by atoms with E-state index in [-0.39, 0.29) is 0 Å². The highest BCUT2D eigenvalue weighted by molar-refractivity contribution is 5.66. The molecule has 0 aliphatic carbocycles. The van der Waals surface area contributed by atoms with E-state index in [9.17, 15) is 0 Å². The van der Waals surface area contributed by atoms with Crippen molar-refractivity contribution < 1.29 is 0 Å². The molecule has 3 heteroatoms. The molecule has 2 aromatic rings. The minimum absolute atomic E-state index is 0.579. The van der Waals surface area contributed by atoms with Crippen LogP contribution < -0.4 is 5.73 Å². The van der Waals surface area contributed by atoms with Crippen molar-refractivity contribution in [2.24, 2.45) is 0 Å². The van der Waals surface area contributed by atoms with E-state index in [1.165, 1.54) is 11.1 Å². The summed E-state index contributed by atoms with van der Waals surface area (Å²) in [6.07, 6.45) is 0. The van der Waals surface area contributed by atoms with Gasteiger partial charge in [0.1, 0.15) is 5.82 Å². The van der Waals surface area contributed by atoms with Crippen LogP contribution in [0, 0.1) is 6.92 Å². The average molecular weight is 201 g/mol. The first kappa shape index (κ1) is 9.77. The molecule has 0 saturated heterocycles. The average Bonchev–Trinajstić information content (AvgIpc) is 2.60. The standard InChI is InChI=1S/C12H15N3/c1-3-15-11(8-12(13)14-15)10-7-5-4-6-9(10)2/h4-8H,3H2,1-2H3,(H2,13,14). The molecule has 0 spiro atoms. The van der Waals surface area contributed by atoms with Crippen molar-refractivity contribution in [1.82, 2.24) is 9.78 Å². The number of rotatable bonds is 2. The monoisotopic (exact) mass is 201 g/mol. The molecule has 0 radical (unpaired) electrons. The van der Waals surface area contributed by atoms with Gasteiger partial charge in [0.15, 0.2) is 0 Å². The molecule has 1 heterocycles. The summed E-state index contributed by atoms with van der Waals surface area (Å²) in [4.78, 5) is 0. The number of nitrogen functional groups attached to an aromatic ring is 1. The Morgan fingerprint density at radius 3 is 2.73 bits per heavy atom. The Kier molecular flexibility index (Phi) is 2.46. The third-order valence-corrected chi connectivity index (χ3v) is 2.52. The van der Waals surface area contributed by atoms with Gasteiger partial charge in [-0.05, 0) is 19.4 Å². The Labute approximate surface area is 89.5 Å². The lowest BCUT2D eigenvalue weighted by Crippen LogP contribution is -2.00. The SMILES string of the molecule is CCn1nc(N)cc1-c1ccccc1C. The van der Waals surface area contributed by atoms with E-state index in [4.69, 9.17) is 5.73 Å². The molecule has 2 rings (SSSR count). The van der Waals surface area contributed by atoms with Crippen molar-refractivity contribution in [2.75, 3.05) is 5.73 Å². The van der Waals surface area contributed by atoms with Crippen LogP contribution in [0.2, 0.25) is 0 Å². The molecule has 0 bridgehead atoms. The molecular weight excluding hydrogens is 186 g/mol. The van der Waals surface area contributed by atoms with Crippen LogP contribution in [0.3, 0.4) is 0 Å². The van der Waals surface area contributed by atoms with Gasteiger partial charge in [-0.1, -0.05) is 24.3 Å². The molecule has 0 unspecified atom stereocenters. The van der Waals surface area contributed by atoms with Crippen molar-refractivity contribution in [1.29, 1.82) is 0 Å². The Morgan fingerprint density at radius 2 is 2.07 bits per heavy atom. The van der Waals surface area contributed by atoms with Gasteiger partial charge < -0.3 is 5.73 Å². The molecule has 0 fully saturated rings. The van der Waals surface area contributed by atoms with Gasteiger partial charge in [-0.15, -0.1) is 0 Å². The second-order valence-electron chi connectivity index (χ2n) is 3.59. The zero-order valence-electron chi connectivity index (χ0n) is 9.07. The van der Waals surface area contributed by atoms with E-state index in [1.807, 2.05) is 22.9 Å². The number of aromatic nitrogens is 2. The first-order valence-electron chi connectivity index (χ1n) is 5.11. The lowest BCUT2D eigenvalue weighted by Gasteiger charge is -2.06. The third kappa shape index (κ3) is 1.73. The van der Waals surface area contributed by atoms with Crippen LogP contribution in [0.1, 0.15) is 12.5 Å². The van der Waals surface area contributed by atoms with Crippen LogP contribution in [0.25, 0.3) is 11.3 Å². The van der Waals surface area contributed by atoms with E-state index in [2.05, 4.69) is 31.1 Å². The van der Waals surface area contributed by atoms with Crippen molar-refractivity contribution in [2.45, 2.75) is 20.4 Å². The van der Waals surface area contributed by atoms with Crippen LogP contribution in [-0.2, 0) is 6.54 Å². The van der Waals surface area contributed by atoms with Crippen LogP contribution in [0.15, 0.2) is 30.3 Å². The van der Waals surface area contributed by atoms with Crippen LogP contribution in [-0.4, -0.2) is 9.78 Å². The van der Waals surface area contributed by atoms with E-state index in [0.717, 1.165) is 12.2 Å². The summed E-state index contributed by atoms with van der Waals surface area (Å²) in [5.74, 6) is 0.579. The minimum Gasteiger partial charge on any atom is -0.382 e. The number of hydrogen-bond acceptors (Lipinski definition) is 2. The molecule has 3 nitrogen and oxygen atoms in total. The summed E-state index contributed by atoms with van der Waals surface area (Å²) in [7, 11) is 0. The zero-order valence-corrected chi connectivity index (χ0v) is 9.07. The van der Waals surface area contributed by atoms with Crippen molar-refractivity contribution >= 4 is 5.82 Å². The number of benzene rings is 1. The molecular formula is C12H15N3. The molecule has 2 N–H and O–H groups in total. The summed E-state index contributed by atoms with van der Waals surface area (Å²) in [5, 5.41) is 4.24. The van der Waals surface area contributed by atoms with Gasteiger partial charge in [-0.3, -0.25) is 4.68 Å². The van der Waals surface area contributed by atoms with Crippen LogP contribution in [0.4, 0.5) is 5.82 Å². The largest absolute Gasteiger partial charge is 0.382 e. The molecule has 15 heavy (non-hydrogen) atoms. The van der Waals surface area contributed by atoms with Gasteiger partial charge in [-0.2, -0.15) is 5.10 Å². The second-order valence-corrected chi connectivity index (χ2v) is 3.59.